The van der Waals surface area contributed by atoms with Gasteiger partial charge in [-0.1, -0.05) is 11.6 Å². The molecule has 0 unspecified atom stereocenters. The van der Waals surface area contributed by atoms with Crippen LogP contribution in [0.5, 0.6) is 5.75 Å². The fourth-order valence-corrected chi connectivity index (χ4v) is 1.89. The van der Waals surface area contributed by atoms with Crippen LogP contribution in [0.1, 0.15) is 5.56 Å². The van der Waals surface area contributed by atoms with Crippen molar-refractivity contribution in [2.24, 2.45) is 0 Å². The van der Waals surface area contributed by atoms with Gasteiger partial charge >= 0.3 is 0 Å². The van der Waals surface area contributed by atoms with E-state index in [-0.39, 0.29) is 16.6 Å². The van der Waals surface area contributed by atoms with Gasteiger partial charge in [-0.3, -0.25) is 0 Å². The van der Waals surface area contributed by atoms with Crippen LogP contribution in [0.2, 0.25) is 5.02 Å². The maximum Gasteiger partial charge on any atom is 0.146 e. The summed E-state index contributed by atoms with van der Waals surface area (Å²) in [7, 11) is 0. The lowest BCUT2D eigenvalue weighted by Crippen LogP contribution is -2.02. The van der Waals surface area contributed by atoms with E-state index in [0.29, 0.717) is 10.8 Å². The van der Waals surface area contributed by atoms with E-state index in [1.165, 1.54) is 12.1 Å². The molecule has 0 aliphatic rings. The van der Waals surface area contributed by atoms with Crippen LogP contribution in [-0.4, -0.2) is 0 Å². The molecule has 0 radical (unpaired) electrons. The topological polar surface area (TPSA) is 9.23 Å². The largest absolute Gasteiger partial charge is 0.489 e. The normalized spacial score (nSPS) is 10.4. The fraction of sp³-hybridized carbons (Fsp3) is 0.0769. The van der Waals surface area contributed by atoms with Gasteiger partial charge in [-0.15, -0.1) is 0 Å². The van der Waals surface area contributed by atoms with E-state index in [9.17, 15) is 8.78 Å². The van der Waals surface area contributed by atoms with Gasteiger partial charge in [0, 0.05) is 5.02 Å². The molecule has 0 saturated carbocycles. The summed E-state index contributed by atoms with van der Waals surface area (Å²) in [6.45, 7) is -0.182. The Bertz CT molecular complexity index is 558. The molecule has 2 rings (SSSR count). The molecule has 0 saturated heterocycles. The lowest BCUT2D eigenvalue weighted by molar-refractivity contribution is 0.292. The Morgan fingerprint density at radius 2 is 1.72 bits per heavy atom. The average molecular weight is 334 g/mol. The number of benzene rings is 2. The number of halogens is 4. The van der Waals surface area contributed by atoms with E-state index in [2.05, 4.69) is 15.9 Å². The Morgan fingerprint density at radius 3 is 2.39 bits per heavy atom. The number of rotatable bonds is 3. The highest BCUT2D eigenvalue weighted by Crippen LogP contribution is 2.23. The molecule has 94 valence electrons. The lowest BCUT2D eigenvalue weighted by atomic mass is 10.2. The van der Waals surface area contributed by atoms with E-state index < -0.39 is 11.6 Å². The van der Waals surface area contributed by atoms with E-state index in [1.807, 2.05) is 0 Å². The van der Waals surface area contributed by atoms with Crippen LogP contribution in [0.15, 0.2) is 40.9 Å². The van der Waals surface area contributed by atoms with Crippen LogP contribution in [0.25, 0.3) is 0 Å². The summed E-state index contributed by atoms with van der Waals surface area (Å²) >= 11 is 8.72. The first kappa shape index (κ1) is 13.3. The van der Waals surface area contributed by atoms with Gasteiger partial charge in [0.1, 0.15) is 24.0 Å². The quantitative estimate of drug-likeness (QED) is 0.721. The van der Waals surface area contributed by atoms with E-state index in [1.54, 1.807) is 24.3 Å². The van der Waals surface area contributed by atoms with E-state index in [0.717, 1.165) is 0 Å². The minimum atomic E-state index is -0.649. The van der Waals surface area contributed by atoms with Gasteiger partial charge in [0.25, 0.3) is 0 Å². The van der Waals surface area contributed by atoms with Crippen LogP contribution in [0.4, 0.5) is 8.78 Å². The first-order valence-corrected chi connectivity index (χ1v) is 6.26. The SMILES string of the molecule is Fc1ccc(Br)c(F)c1COc1ccc(Cl)cc1. The summed E-state index contributed by atoms with van der Waals surface area (Å²) in [6, 6.07) is 9.06. The Labute approximate surface area is 116 Å². The Morgan fingerprint density at radius 1 is 1.06 bits per heavy atom. The van der Waals surface area contributed by atoms with Crippen LogP contribution < -0.4 is 4.74 Å². The second kappa shape index (κ2) is 5.67. The molecule has 0 fully saturated rings. The van der Waals surface area contributed by atoms with Crippen molar-refractivity contribution in [2.45, 2.75) is 6.61 Å². The zero-order valence-corrected chi connectivity index (χ0v) is 11.4. The first-order valence-electron chi connectivity index (χ1n) is 5.08. The van der Waals surface area contributed by atoms with Gasteiger partial charge in [-0.2, -0.15) is 0 Å². The Balaban J connectivity index is 2.15. The highest BCUT2D eigenvalue weighted by molar-refractivity contribution is 9.10. The minimum absolute atomic E-state index is 0.112. The van der Waals surface area contributed by atoms with Crippen LogP contribution in [0.3, 0.4) is 0 Å². The molecular weight excluding hydrogens is 325 g/mol. The molecule has 0 aliphatic heterocycles. The molecule has 0 aromatic heterocycles. The van der Waals surface area contributed by atoms with Crippen molar-refractivity contribution in [1.29, 1.82) is 0 Å². The maximum absolute atomic E-state index is 13.6. The van der Waals surface area contributed by atoms with E-state index >= 15 is 0 Å². The Hall–Kier alpha value is -1.13. The van der Waals surface area contributed by atoms with Gasteiger partial charge in [0.15, 0.2) is 0 Å². The van der Waals surface area contributed by atoms with Gasteiger partial charge in [-0.25, -0.2) is 8.78 Å². The number of hydrogen-bond acceptors (Lipinski definition) is 1. The van der Waals surface area contributed by atoms with Crippen molar-refractivity contribution in [3.63, 3.8) is 0 Å². The summed E-state index contributed by atoms with van der Waals surface area (Å²) in [6.07, 6.45) is 0. The molecule has 0 heterocycles. The van der Waals surface area contributed by atoms with Crippen LogP contribution >= 0.6 is 27.5 Å². The molecule has 0 aliphatic carbocycles. The molecule has 1 nitrogen and oxygen atoms in total. The zero-order valence-electron chi connectivity index (χ0n) is 9.09. The smallest absolute Gasteiger partial charge is 0.146 e. The summed E-state index contributed by atoms with van der Waals surface area (Å²) < 4.78 is 32.6. The molecule has 0 atom stereocenters. The van der Waals surface area contributed by atoms with Crippen molar-refractivity contribution in [2.75, 3.05) is 0 Å². The predicted octanol–water partition coefficient (Wildman–Crippen LogP) is 4.96. The molecule has 0 N–H and O–H groups in total. The summed E-state index contributed by atoms with van der Waals surface area (Å²) in [4.78, 5) is 0. The first-order chi connectivity index (χ1) is 8.58. The van der Waals surface area contributed by atoms with Crippen LogP contribution in [-0.2, 0) is 6.61 Å². The van der Waals surface area contributed by atoms with Crippen LogP contribution in [0, 0.1) is 11.6 Å². The zero-order chi connectivity index (χ0) is 13.1. The van der Waals surface area contributed by atoms with Gasteiger partial charge in [0.2, 0.25) is 0 Å². The standard InChI is InChI=1S/C13H8BrClF2O/c14-11-5-6-12(16)10(13(11)17)7-18-9-3-1-8(15)2-4-9/h1-6H,7H2. The molecule has 2 aromatic rings. The lowest BCUT2D eigenvalue weighted by Gasteiger charge is -2.09. The average Bonchev–Trinajstić information content (AvgIpc) is 2.36. The van der Waals surface area contributed by atoms with Crippen molar-refractivity contribution in [3.8, 4) is 5.75 Å². The third kappa shape index (κ3) is 3.00. The molecule has 5 heteroatoms. The Kier molecular flexibility index (Phi) is 4.19. The van der Waals surface area contributed by atoms with Crippen molar-refractivity contribution >= 4 is 27.5 Å². The van der Waals surface area contributed by atoms with Gasteiger partial charge < -0.3 is 4.74 Å². The predicted molar refractivity (Wildman–Crippen MR) is 69.8 cm³/mol. The summed E-state index contributed by atoms with van der Waals surface area (Å²) in [5.74, 6) is -0.785. The molecular formula is C13H8BrClF2O. The molecule has 0 amide bonds. The summed E-state index contributed by atoms with van der Waals surface area (Å²) in [5.41, 5.74) is -0.112. The number of ether oxygens (including phenoxy) is 1. The minimum Gasteiger partial charge on any atom is -0.489 e. The second-order valence-electron chi connectivity index (χ2n) is 3.56. The fourth-order valence-electron chi connectivity index (χ4n) is 1.39. The molecule has 2 aromatic carbocycles. The molecule has 0 spiro atoms. The van der Waals surface area contributed by atoms with E-state index in [4.69, 9.17) is 16.3 Å². The number of hydrogen-bond donors (Lipinski definition) is 0. The maximum atomic E-state index is 13.6. The third-order valence-corrected chi connectivity index (χ3v) is 3.20. The van der Waals surface area contributed by atoms with Crippen molar-refractivity contribution in [1.82, 2.24) is 0 Å². The van der Waals surface area contributed by atoms with Gasteiger partial charge in [0.05, 0.1) is 10.0 Å². The highest BCUT2D eigenvalue weighted by Gasteiger charge is 2.12. The summed E-state index contributed by atoms with van der Waals surface area (Å²) in [5, 5.41) is 0.571. The molecule has 0 bridgehead atoms. The second-order valence-corrected chi connectivity index (χ2v) is 4.86. The third-order valence-electron chi connectivity index (χ3n) is 2.34. The van der Waals surface area contributed by atoms with Crippen molar-refractivity contribution in [3.05, 3.63) is 63.1 Å². The molecule has 18 heavy (non-hydrogen) atoms. The monoisotopic (exact) mass is 332 g/mol. The van der Waals surface area contributed by atoms with Crippen molar-refractivity contribution < 1.29 is 13.5 Å². The highest BCUT2D eigenvalue weighted by atomic mass is 79.9. The van der Waals surface area contributed by atoms with Gasteiger partial charge in [-0.05, 0) is 52.3 Å².